The lowest BCUT2D eigenvalue weighted by atomic mass is 10.2. The Bertz CT molecular complexity index is 760. The molecule has 26 heavy (non-hydrogen) atoms. The van der Waals surface area contributed by atoms with Crippen molar-refractivity contribution in [2.24, 2.45) is 0 Å². The van der Waals surface area contributed by atoms with Gasteiger partial charge in [-0.25, -0.2) is 0 Å². The molecule has 1 N–H and O–H groups in total. The highest BCUT2D eigenvalue weighted by atomic mass is 32.2. The van der Waals surface area contributed by atoms with E-state index in [1.807, 2.05) is 56.3 Å². The van der Waals surface area contributed by atoms with Crippen LogP contribution in [-0.2, 0) is 4.79 Å². The van der Waals surface area contributed by atoms with Gasteiger partial charge < -0.3 is 15.0 Å². The van der Waals surface area contributed by atoms with E-state index in [1.165, 1.54) is 11.8 Å². The predicted octanol–water partition coefficient (Wildman–Crippen LogP) is 3.91. The van der Waals surface area contributed by atoms with Crippen molar-refractivity contribution in [2.75, 3.05) is 31.3 Å². The van der Waals surface area contributed by atoms with Crippen LogP contribution in [-0.4, -0.2) is 42.7 Å². The minimum Gasteiger partial charge on any atom is -0.497 e. The number of nitrogens with zero attached hydrogens (tertiary/aromatic N) is 1. The Morgan fingerprint density at radius 3 is 2.50 bits per heavy atom. The van der Waals surface area contributed by atoms with Crippen LogP contribution in [0.4, 0.5) is 5.69 Å². The maximum atomic E-state index is 12.6. The number of methoxy groups -OCH3 is 1. The fourth-order valence-electron chi connectivity index (χ4n) is 2.49. The van der Waals surface area contributed by atoms with Gasteiger partial charge in [0.1, 0.15) is 5.75 Å². The Morgan fingerprint density at radius 1 is 1.08 bits per heavy atom. The molecule has 0 aliphatic rings. The molecule has 0 radical (unpaired) electrons. The van der Waals surface area contributed by atoms with Gasteiger partial charge in [-0.3, -0.25) is 9.59 Å². The third-order valence-corrected chi connectivity index (χ3v) is 4.95. The van der Waals surface area contributed by atoms with E-state index >= 15 is 0 Å². The molecule has 0 saturated carbocycles. The summed E-state index contributed by atoms with van der Waals surface area (Å²) < 4.78 is 5.15. The number of ether oxygens (including phenoxy) is 1. The predicted molar refractivity (Wildman–Crippen MR) is 106 cm³/mol. The molecule has 0 unspecified atom stereocenters. The average molecular weight is 372 g/mol. The van der Waals surface area contributed by atoms with Crippen LogP contribution in [0.3, 0.4) is 0 Å². The topological polar surface area (TPSA) is 58.6 Å². The van der Waals surface area contributed by atoms with Crippen LogP contribution < -0.4 is 10.1 Å². The zero-order valence-corrected chi connectivity index (χ0v) is 16.1. The second-order valence-corrected chi connectivity index (χ2v) is 6.56. The van der Waals surface area contributed by atoms with Gasteiger partial charge >= 0.3 is 0 Å². The van der Waals surface area contributed by atoms with E-state index in [1.54, 1.807) is 18.1 Å². The Labute approximate surface area is 158 Å². The standard InChI is InChI=1S/C20H24N2O3S/c1-4-22(5-2)20(24)17-11-6-7-12-18(17)26-14-19(23)21-15-9-8-10-16(13-15)25-3/h6-13H,4-5,14H2,1-3H3,(H,21,23). The van der Waals surface area contributed by atoms with E-state index in [0.29, 0.717) is 30.1 Å². The molecule has 2 aromatic carbocycles. The summed E-state index contributed by atoms with van der Waals surface area (Å²) in [5, 5.41) is 2.85. The zero-order chi connectivity index (χ0) is 18.9. The molecule has 2 aromatic rings. The molecule has 0 aliphatic carbocycles. The number of hydrogen-bond donors (Lipinski definition) is 1. The van der Waals surface area contributed by atoms with Gasteiger partial charge in [0.05, 0.1) is 18.4 Å². The van der Waals surface area contributed by atoms with Gasteiger partial charge in [-0.2, -0.15) is 0 Å². The number of nitrogens with one attached hydrogen (secondary N) is 1. The van der Waals surface area contributed by atoms with Crippen LogP contribution in [0, 0.1) is 0 Å². The molecule has 138 valence electrons. The number of hydrogen-bond acceptors (Lipinski definition) is 4. The number of carbonyl (C=O) groups excluding carboxylic acids is 2. The summed E-state index contributed by atoms with van der Waals surface area (Å²) in [4.78, 5) is 27.5. The smallest absolute Gasteiger partial charge is 0.254 e. The number of amides is 2. The van der Waals surface area contributed by atoms with E-state index < -0.39 is 0 Å². The highest BCUT2D eigenvalue weighted by Crippen LogP contribution is 2.24. The molecular weight excluding hydrogens is 348 g/mol. The molecular formula is C20H24N2O3S. The van der Waals surface area contributed by atoms with Crippen molar-refractivity contribution >= 4 is 29.3 Å². The minimum atomic E-state index is -0.131. The molecule has 2 rings (SSSR count). The Kier molecular flexibility index (Phi) is 7.53. The van der Waals surface area contributed by atoms with Gasteiger partial charge in [0.15, 0.2) is 0 Å². The summed E-state index contributed by atoms with van der Waals surface area (Å²) in [5.41, 5.74) is 1.32. The first kappa shape index (κ1) is 19.8. The molecule has 0 fully saturated rings. The molecule has 0 atom stereocenters. The second kappa shape index (κ2) is 9.87. The van der Waals surface area contributed by atoms with Gasteiger partial charge in [0, 0.05) is 29.7 Å². The highest BCUT2D eigenvalue weighted by molar-refractivity contribution is 8.00. The molecule has 6 heteroatoms. The summed E-state index contributed by atoms with van der Waals surface area (Å²) >= 11 is 1.36. The Hall–Kier alpha value is -2.47. The molecule has 0 spiro atoms. The fourth-order valence-corrected chi connectivity index (χ4v) is 3.34. The molecule has 0 saturated heterocycles. The van der Waals surface area contributed by atoms with Gasteiger partial charge in [0.2, 0.25) is 5.91 Å². The van der Waals surface area contributed by atoms with Crippen molar-refractivity contribution in [1.82, 2.24) is 4.90 Å². The van der Waals surface area contributed by atoms with E-state index in [0.717, 1.165) is 4.90 Å². The van der Waals surface area contributed by atoms with Crippen molar-refractivity contribution in [1.29, 1.82) is 0 Å². The summed E-state index contributed by atoms with van der Waals surface area (Å²) in [5.74, 6) is 0.769. The number of thioether (sulfide) groups is 1. The monoisotopic (exact) mass is 372 g/mol. The van der Waals surface area contributed by atoms with Crippen LogP contribution >= 0.6 is 11.8 Å². The van der Waals surface area contributed by atoms with Gasteiger partial charge in [-0.1, -0.05) is 18.2 Å². The van der Waals surface area contributed by atoms with Crippen molar-refractivity contribution < 1.29 is 14.3 Å². The summed E-state index contributed by atoms with van der Waals surface area (Å²) in [6.07, 6.45) is 0. The van der Waals surface area contributed by atoms with Crippen LogP contribution in [0.15, 0.2) is 53.4 Å². The molecule has 0 heterocycles. The van der Waals surface area contributed by atoms with Crippen LogP contribution in [0.2, 0.25) is 0 Å². The number of anilines is 1. The number of benzene rings is 2. The van der Waals surface area contributed by atoms with Crippen LogP contribution in [0.1, 0.15) is 24.2 Å². The van der Waals surface area contributed by atoms with Crippen molar-refractivity contribution in [3.05, 3.63) is 54.1 Å². The quantitative estimate of drug-likeness (QED) is 0.714. The zero-order valence-electron chi connectivity index (χ0n) is 15.3. The lowest BCUT2D eigenvalue weighted by Gasteiger charge is -2.20. The van der Waals surface area contributed by atoms with Crippen molar-refractivity contribution in [2.45, 2.75) is 18.7 Å². The van der Waals surface area contributed by atoms with E-state index in [2.05, 4.69) is 5.32 Å². The summed E-state index contributed by atoms with van der Waals surface area (Å²) in [6.45, 7) is 5.23. The molecule has 5 nitrogen and oxygen atoms in total. The third kappa shape index (κ3) is 5.26. The summed E-state index contributed by atoms with van der Waals surface area (Å²) in [7, 11) is 1.58. The fraction of sp³-hybridized carbons (Fsp3) is 0.300. The normalized spacial score (nSPS) is 10.3. The Balaban J connectivity index is 2.03. The SMILES string of the molecule is CCN(CC)C(=O)c1ccccc1SCC(=O)Nc1cccc(OC)c1. The van der Waals surface area contributed by atoms with Crippen LogP contribution in [0.25, 0.3) is 0 Å². The molecule has 0 aromatic heterocycles. The average Bonchev–Trinajstić information content (AvgIpc) is 2.67. The second-order valence-electron chi connectivity index (χ2n) is 5.54. The van der Waals surface area contributed by atoms with Gasteiger partial charge in [-0.05, 0) is 38.1 Å². The number of rotatable bonds is 8. The highest BCUT2D eigenvalue weighted by Gasteiger charge is 2.17. The van der Waals surface area contributed by atoms with E-state index in [9.17, 15) is 9.59 Å². The third-order valence-electron chi connectivity index (χ3n) is 3.88. The first-order valence-corrected chi connectivity index (χ1v) is 9.52. The largest absolute Gasteiger partial charge is 0.497 e. The molecule has 2 amide bonds. The maximum Gasteiger partial charge on any atom is 0.254 e. The molecule has 0 aliphatic heterocycles. The maximum absolute atomic E-state index is 12.6. The lowest BCUT2D eigenvalue weighted by Crippen LogP contribution is -2.30. The first-order chi connectivity index (χ1) is 12.6. The number of carbonyl (C=O) groups is 2. The van der Waals surface area contributed by atoms with Gasteiger partial charge in [-0.15, -0.1) is 11.8 Å². The first-order valence-electron chi connectivity index (χ1n) is 8.54. The van der Waals surface area contributed by atoms with Crippen LogP contribution in [0.5, 0.6) is 5.75 Å². The van der Waals surface area contributed by atoms with Crippen molar-refractivity contribution in [3.8, 4) is 5.75 Å². The van der Waals surface area contributed by atoms with E-state index in [4.69, 9.17) is 4.74 Å². The minimum absolute atomic E-state index is 0.00805. The van der Waals surface area contributed by atoms with E-state index in [-0.39, 0.29) is 17.6 Å². The molecule has 0 bridgehead atoms. The summed E-state index contributed by atoms with van der Waals surface area (Å²) in [6, 6.07) is 14.6. The van der Waals surface area contributed by atoms with Gasteiger partial charge in [0.25, 0.3) is 5.91 Å². The lowest BCUT2D eigenvalue weighted by molar-refractivity contribution is -0.113. The van der Waals surface area contributed by atoms with Crippen molar-refractivity contribution in [3.63, 3.8) is 0 Å². The Morgan fingerprint density at radius 2 is 1.81 bits per heavy atom.